The van der Waals surface area contributed by atoms with Crippen molar-refractivity contribution in [2.75, 3.05) is 6.61 Å². The number of fused-ring (bicyclic) bond motifs is 1. The molecule has 0 saturated heterocycles. The van der Waals surface area contributed by atoms with Crippen molar-refractivity contribution in [3.63, 3.8) is 0 Å². The normalized spacial score (nSPS) is 10.8. The minimum absolute atomic E-state index is 0.154. The molecule has 0 aliphatic rings. The highest BCUT2D eigenvalue weighted by atomic mass is 32.1. The number of phenolic OH excluding ortho intramolecular Hbond substituents is 1. The summed E-state index contributed by atoms with van der Waals surface area (Å²) >= 11 is 1.52. The van der Waals surface area contributed by atoms with Gasteiger partial charge >= 0.3 is 0 Å². The number of aromatic hydroxyl groups is 1. The zero-order valence-corrected chi connectivity index (χ0v) is 7.84. The SMILES string of the molecule is OCCc1csc2c(O)cccc12. The summed E-state index contributed by atoms with van der Waals surface area (Å²) in [4.78, 5) is 0. The molecule has 13 heavy (non-hydrogen) atoms. The lowest BCUT2D eigenvalue weighted by atomic mass is 10.1. The maximum absolute atomic E-state index is 9.50. The number of rotatable bonds is 2. The molecule has 2 nitrogen and oxygen atoms in total. The Morgan fingerprint density at radius 1 is 1.31 bits per heavy atom. The number of thiophene rings is 1. The van der Waals surface area contributed by atoms with Crippen molar-refractivity contribution in [3.05, 3.63) is 29.1 Å². The molecule has 0 aliphatic carbocycles. The van der Waals surface area contributed by atoms with Crippen LogP contribution in [0, 0.1) is 0 Å². The molecule has 2 N–H and O–H groups in total. The molecule has 0 aliphatic heterocycles. The van der Waals surface area contributed by atoms with Crippen LogP contribution >= 0.6 is 11.3 Å². The fourth-order valence-corrected chi connectivity index (χ4v) is 2.43. The monoisotopic (exact) mass is 194 g/mol. The second kappa shape index (κ2) is 3.36. The van der Waals surface area contributed by atoms with Gasteiger partial charge < -0.3 is 10.2 Å². The molecule has 0 atom stereocenters. The molecule has 0 saturated carbocycles. The summed E-state index contributed by atoms with van der Waals surface area (Å²) in [5, 5.41) is 21.4. The zero-order valence-electron chi connectivity index (χ0n) is 7.03. The second-order valence-electron chi connectivity index (χ2n) is 2.89. The van der Waals surface area contributed by atoms with Crippen molar-refractivity contribution in [1.82, 2.24) is 0 Å². The Balaban J connectivity index is 2.61. The lowest BCUT2D eigenvalue weighted by molar-refractivity contribution is 0.300. The van der Waals surface area contributed by atoms with E-state index in [9.17, 15) is 5.11 Å². The van der Waals surface area contributed by atoms with E-state index in [1.165, 1.54) is 11.3 Å². The van der Waals surface area contributed by atoms with Crippen LogP contribution in [-0.4, -0.2) is 16.8 Å². The van der Waals surface area contributed by atoms with Gasteiger partial charge in [0.1, 0.15) is 5.75 Å². The average Bonchev–Trinajstić information content (AvgIpc) is 2.51. The molecule has 1 heterocycles. The van der Waals surface area contributed by atoms with Crippen LogP contribution in [0.15, 0.2) is 23.6 Å². The van der Waals surface area contributed by atoms with E-state index >= 15 is 0 Å². The fraction of sp³-hybridized carbons (Fsp3) is 0.200. The van der Waals surface area contributed by atoms with E-state index in [2.05, 4.69) is 0 Å². The van der Waals surface area contributed by atoms with Crippen LogP contribution in [0.2, 0.25) is 0 Å². The van der Waals surface area contributed by atoms with Crippen molar-refractivity contribution in [1.29, 1.82) is 0 Å². The molecule has 0 spiro atoms. The number of phenols is 1. The number of aliphatic hydroxyl groups excluding tert-OH is 1. The van der Waals surface area contributed by atoms with Crippen LogP contribution in [0.25, 0.3) is 10.1 Å². The highest BCUT2D eigenvalue weighted by Gasteiger charge is 2.05. The maximum Gasteiger partial charge on any atom is 0.133 e. The van der Waals surface area contributed by atoms with Crippen LogP contribution in [0.1, 0.15) is 5.56 Å². The molecule has 0 radical (unpaired) electrons. The predicted octanol–water partition coefficient (Wildman–Crippen LogP) is 2.14. The van der Waals surface area contributed by atoms with Gasteiger partial charge in [-0.1, -0.05) is 12.1 Å². The smallest absolute Gasteiger partial charge is 0.133 e. The molecule has 0 unspecified atom stereocenters. The predicted molar refractivity (Wildman–Crippen MR) is 54.3 cm³/mol. The Morgan fingerprint density at radius 3 is 2.92 bits per heavy atom. The standard InChI is InChI=1S/C10H10O2S/c11-5-4-7-6-13-10-8(7)2-1-3-9(10)12/h1-3,6,11-12H,4-5H2. The number of hydrogen-bond acceptors (Lipinski definition) is 3. The van der Waals surface area contributed by atoms with Crippen molar-refractivity contribution < 1.29 is 10.2 Å². The minimum atomic E-state index is 0.154. The largest absolute Gasteiger partial charge is 0.506 e. The topological polar surface area (TPSA) is 40.5 Å². The molecule has 68 valence electrons. The third-order valence-corrected chi connectivity index (χ3v) is 3.11. The Morgan fingerprint density at radius 2 is 2.15 bits per heavy atom. The van der Waals surface area contributed by atoms with E-state index in [1.807, 2.05) is 17.5 Å². The summed E-state index contributed by atoms with van der Waals surface area (Å²) in [6, 6.07) is 5.48. The first kappa shape index (κ1) is 8.53. The van der Waals surface area contributed by atoms with Gasteiger partial charge in [-0.3, -0.25) is 0 Å². The van der Waals surface area contributed by atoms with Gasteiger partial charge in [-0.05, 0) is 28.8 Å². The number of aliphatic hydroxyl groups is 1. The Kier molecular flexibility index (Phi) is 2.20. The van der Waals surface area contributed by atoms with Gasteiger partial charge in [-0.25, -0.2) is 0 Å². The molecule has 1 aromatic carbocycles. The van der Waals surface area contributed by atoms with Crippen molar-refractivity contribution >= 4 is 21.4 Å². The molecule has 3 heteroatoms. The third kappa shape index (κ3) is 1.41. The summed E-state index contributed by atoms with van der Waals surface area (Å²) in [7, 11) is 0. The van der Waals surface area contributed by atoms with Gasteiger partial charge in [-0.2, -0.15) is 0 Å². The first-order valence-corrected chi connectivity index (χ1v) is 5.00. The number of hydrogen-bond donors (Lipinski definition) is 2. The third-order valence-electron chi connectivity index (χ3n) is 2.04. The summed E-state index contributed by atoms with van der Waals surface area (Å²) < 4.78 is 0.908. The number of benzene rings is 1. The molecular formula is C10H10O2S. The summed E-state index contributed by atoms with van der Waals surface area (Å²) in [6.45, 7) is 0.154. The Bertz CT molecular complexity index is 420. The lowest BCUT2D eigenvalue weighted by Gasteiger charge is -1.96. The Labute approximate surface area is 80.1 Å². The van der Waals surface area contributed by atoms with Gasteiger partial charge in [0.15, 0.2) is 0 Å². The highest BCUT2D eigenvalue weighted by molar-refractivity contribution is 7.17. The summed E-state index contributed by atoms with van der Waals surface area (Å²) in [5.41, 5.74) is 1.11. The van der Waals surface area contributed by atoms with Crippen LogP contribution in [-0.2, 0) is 6.42 Å². The van der Waals surface area contributed by atoms with Crippen molar-refractivity contribution in [2.45, 2.75) is 6.42 Å². The van der Waals surface area contributed by atoms with Crippen LogP contribution in [0.5, 0.6) is 5.75 Å². The van der Waals surface area contributed by atoms with E-state index in [0.29, 0.717) is 12.2 Å². The molecule has 0 bridgehead atoms. The van der Waals surface area contributed by atoms with E-state index in [1.54, 1.807) is 6.07 Å². The zero-order chi connectivity index (χ0) is 9.26. The molecule has 1 aromatic heterocycles. The summed E-state index contributed by atoms with van der Waals surface area (Å²) in [5.74, 6) is 0.326. The van der Waals surface area contributed by atoms with Gasteiger partial charge in [-0.15, -0.1) is 11.3 Å². The van der Waals surface area contributed by atoms with E-state index in [4.69, 9.17) is 5.11 Å². The molecule has 0 amide bonds. The van der Waals surface area contributed by atoms with Crippen LogP contribution in [0.4, 0.5) is 0 Å². The van der Waals surface area contributed by atoms with Gasteiger partial charge in [0.2, 0.25) is 0 Å². The molecule has 2 aromatic rings. The first-order chi connectivity index (χ1) is 6.33. The van der Waals surface area contributed by atoms with E-state index < -0.39 is 0 Å². The van der Waals surface area contributed by atoms with Crippen molar-refractivity contribution in [3.8, 4) is 5.75 Å². The quantitative estimate of drug-likeness (QED) is 0.769. The average molecular weight is 194 g/mol. The molecule has 2 rings (SSSR count). The lowest BCUT2D eigenvalue weighted by Crippen LogP contribution is -1.87. The molecular weight excluding hydrogens is 184 g/mol. The maximum atomic E-state index is 9.50. The van der Waals surface area contributed by atoms with E-state index in [0.717, 1.165) is 15.6 Å². The molecule has 0 fully saturated rings. The fourth-order valence-electron chi connectivity index (χ4n) is 1.41. The van der Waals surface area contributed by atoms with Gasteiger partial charge in [0.25, 0.3) is 0 Å². The Hall–Kier alpha value is -1.06. The van der Waals surface area contributed by atoms with E-state index in [-0.39, 0.29) is 6.61 Å². The van der Waals surface area contributed by atoms with Crippen LogP contribution < -0.4 is 0 Å². The summed E-state index contributed by atoms with van der Waals surface area (Å²) in [6.07, 6.45) is 0.656. The van der Waals surface area contributed by atoms with Crippen LogP contribution in [0.3, 0.4) is 0 Å². The van der Waals surface area contributed by atoms with Gasteiger partial charge in [0, 0.05) is 6.61 Å². The van der Waals surface area contributed by atoms with Crippen molar-refractivity contribution in [2.24, 2.45) is 0 Å². The minimum Gasteiger partial charge on any atom is -0.506 e. The first-order valence-electron chi connectivity index (χ1n) is 4.12. The highest BCUT2D eigenvalue weighted by Crippen LogP contribution is 2.32. The van der Waals surface area contributed by atoms with Gasteiger partial charge in [0.05, 0.1) is 4.70 Å². The second-order valence-corrected chi connectivity index (χ2v) is 3.77.